The van der Waals surface area contributed by atoms with Gasteiger partial charge in [-0.15, -0.1) is 0 Å². The number of unbranched alkanes of at least 4 members (excludes halogenated alkanes) is 2. The topological polar surface area (TPSA) is 82.1 Å². The van der Waals surface area contributed by atoms with Crippen molar-refractivity contribution in [3.05, 3.63) is 70.8 Å². The van der Waals surface area contributed by atoms with E-state index in [2.05, 4.69) is 32.0 Å². The van der Waals surface area contributed by atoms with E-state index >= 15 is 0 Å². The molecule has 0 saturated carbocycles. The monoisotopic (exact) mass is 442 g/mol. The Morgan fingerprint density at radius 2 is 1.62 bits per heavy atom. The molecular weight excluding hydrogens is 408 g/mol. The van der Waals surface area contributed by atoms with Crippen LogP contribution in [-0.4, -0.2) is 42.5 Å². The van der Waals surface area contributed by atoms with Gasteiger partial charge in [-0.2, -0.15) is 0 Å². The van der Waals surface area contributed by atoms with Gasteiger partial charge in [0.2, 0.25) is 0 Å². The molecule has 2 atom stereocenters. The summed E-state index contributed by atoms with van der Waals surface area (Å²) < 4.78 is 15.7. The van der Waals surface area contributed by atoms with Gasteiger partial charge in [-0.25, -0.2) is 9.59 Å². The summed E-state index contributed by atoms with van der Waals surface area (Å²) >= 11 is 0. The van der Waals surface area contributed by atoms with Crippen molar-refractivity contribution >= 4 is 11.9 Å². The van der Waals surface area contributed by atoms with Crippen LogP contribution in [0.5, 0.6) is 0 Å². The van der Waals surface area contributed by atoms with E-state index in [0.717, 1.165) is 24.8 Å². The SMILES string of the molecule is CCOC(=O)[C@H](O)[C@@H](OCCCCCc1ccc(C)c(C)c1)C(=O)OCc1ccccc1. The van der Waals surface area contributed by atoms with Crippen molar-refractivity contribution in [1.82, 2.24) is 0 Å². The molecule has 0 aliphatic carbocycles. The minimum atomic E-state index is -1.73. The molecule has 0 aliphatic rings. The highest BCUT2D eigenvalue weighted by molar-refractivity contribution is 5.85. The lowest BCUT2D eigenvalue weighted by Gasteiger charge is -2.21. The normalized spacial score (nSPS) is 12.8. The van der Waals surface area contributed by atoms with Gasteiger partial charge in [0, 0.05) is 6.61 Å². The van der Waals surface area contributed by atoms with E-state index in [-0.39, 0.29) is 19.8 Å². The Morgan fingerprint density at radius 1 is 0.875 bits per heavy atom. The van der Waals surface area contributed by atoms with E-state index < -0.39 is 24.1 Å². The van der Waals surface area contributed by atoms with Crippen LogP contribution >= 0.6 is 0 Å². The molecule has 0 radical (unpaired) electrons. The van der Waals surface area contributed by atoms with E-state index in [1.165, 1.54) is 16.7 Å². The van der Waals surface area contributed by atoms with Gasteiger partial charge in [-0.1, -0.05) is 55.0 Å². The minimum Gasteiger partial charge on any atom is -0.464 e. The molecule has 0 fully saturated rings. The second-order valence-electron chi connectivity index (χ2n) is 7.81. The lowest BCUT2D eigenvalue weighted by molar-refractivity contribution is -0.178. The Morgan fingerprint density at radius 3 is 2.31 bits per heavy atom. The largest absolute Gasteiger partial charge is 0.464 e. The van der Waals surface area contributed by atoms with Crippen molar-refractivity contribution in [3.8, 4) is 0 Å². The van der Waals surface area contributed by atoms with Crippen LogP contribution < -0.4 is 0 Å². The van der Waals surface area contributed by atoms with E-state index in [0.29, 0.717) is 6.42 Å². The zero-order valence-corrected chi connectivity index (χ0v) is 19.2. The quantitative estimate of drug-likeness (QED) is 0.372. The summed E-state index contributed by atoms with van der Waals surface area (Å²) in [6.45, 7) is 6.20. The highest BCUT2D eigenvalue weighted by atomic mass is 16.6. The zero-order valence-electron chi connectivity index (χ0n) is 19.2. The first-order chi connectivity index (χ1) is 15.4. The molecule has 0 heterocycles. The van der Waals surface area contributed by atoms with E-state index in [1.807, 2.05) is 30.3 Å². The van der Waals surface area contributed by atoms with Gasteiger partial charge in [0.25, 0.3) is 0 Å². The second kappa shape index (κ2) is 13.7. The third-order valence-electron chi connectivity index (χ3n) is 5.25. The number of aliphatic hydroxyl groups is 1. The van der Waals surface area contributed by atoms with Gasteiger partial charge in [-0.3, -0.25) is 0 Å². The van der Waals surface area contributed by atoms with Crippen molar-refractivity contribution in [2.45, 2.75) is 65.3 Å². The summed E-state index contributed by atoms with van der Waals surface area (Å²) in [4.78, 5) is 24.5. The number of aliphatic hydroxyl groups excluding tert-OH is 1. The molecule has 2 aromatic rings. The summed E-state index contributed by atoms with van der Waals surface area (Å²) in [5, 5.41) is 10.3. The fraction of sp³-hybridized carbons (Fsp3) is 0.462. The van der Waals surface area contributed by atoms with Gasteiger partial charge in [0.1, 0.15) is 6.61 Å². The first-order valence-corrected chi connectivity index (χ1v) is 11.2. The lowest BCUT2D eigenvalue weighted by Crippen LogP contribution is -2.43. The average Bonchev–Trinajstić information content (AvgIpc) is 2.79. The fourth-order valence-corrected chi connectivity index (χ4v) is 3.23. The van der Waals surface area contributed by atoms with Gasteiger partial charge in [-0.05, 0) is 62.3 Å². The van der Waals surface area contributed by atoms with Crippen LogP contribution in [0.15, 0.2) is 48.5 Å². The predicted octanol–water partition coefficient (Wildman–Crippen LogP) is 4.07. The minimum absolute atomic E-state index is 0.0328. The zero-order chi connectivity index (χ0) is 23.3. The number of hydrogen-bond donors (Lipinski definition) is 1. The number of rotatable bonds is 13. The molecule has 6 heteroatoms. The molecule has 0 aliphatic heterocycles. The van der Waals surface area contributed by atoms with Crippen LogP contribution in [0.2, 0.25) is 0 Å². The maximum atomic E-state index is 12.5. The highest BCUT2D eigenvalue weighted by Gasteiger charge is 2.35. The van der Waals surface area contributed by atoms with Crippen LogP contribution in [0.1, 0.15) is 48.4 Å². The molecule has 0 saturated heterocycles. The molecule has 32 heavy (non-hydrogen) atoms. The number of hydrogen-bond acceptors (Lipinski definition) is 6. The standard InChI is InChI=1S/C26H34O6/c1-4-30-25(28)23(27)24(26(29)32-18-22-12-7-5-8-13-22)31-16-10-6-9-11-21-15-14-19(2)20(3)17-21/h5,7-8,12-15,17,23-24,27H,4,6,9-11,16,18H2,1-3H3/t23-,24-/m1/s1. The first kappa shape index (κ1) is 25.6. The third kappa shape index (κ3) is 8.44. The Bertz CT molecular complexity index is 849. The fourth-order valence-electron chi connectivity index (χ4n) is 3.23. The number of carbonyl (C=O) groups is 2. The van der Waals surface area contributed by atoms with Gasteiger partial charge in [0.05, 0.1) is 6.61 Å². The Balaban J connectivity index is 1.82. The van der Waals surface area contributed by atoms with Crippen LogP contribution in [-0.2, 0) is 36.8 Å². The van der Waals surface area contributed by atoms with Crippen LogP contribution in [0.25, 0.3) is 0 Å². The average molecular weight is 443 g/mol. The van der Waals surface area contributed by atoms with Crippen molar-refractivity contribution in [2.75, 3.05) is 13.2 Å². The van der Waals surface area contributed by atoms with Crippen molar-refractivity contribution in [3.63, 3.8) is 0 Å². The predicted molar refractivity (Wildman–Crippen MR) is 122 cm³/mol. The number of benzene rings is 2. The molecule has 2 rings (SSSR count). The number of carbonyl (C=O) groups excluding carboxylic acids is 2. The van der Waals surface area contributed by atoms with Crippen LogP contribution in [0, 0.1) is 13.8 Å². The molecule has 2 aromatic carbocycles. The van der Waals surface area contributed by atoms with E-state index in [9.17, 15) is 14.7 Å². The molecule has 6 nitrogen and oxygen atoms in total. The summed E-state index contributed by atoms with van der Waals surface area (Å²) in [6.07, 6.45) is 0.396. The lowest BCUT2D eigenvalue weighted by atomic mass is 10.0. The summed E-state index contributed by atoms with van der Waals surface area (Å²) in [7, 11) is 0. The van der Waals surface area contributed by atoms with Gasteiger partial charge in [0.15, 0.2) is 12.2 Å². The van der Waals surface area contributed by atoms with E-state index in [1.54, 1.807) is 6.92 Å². The number of esters is 2. The first-order valence-electron chi connectivity index (χ1n) is 11.2. The molecule has 0 bridgehead atoms. The third-order valence-corrected chi connectivity index (χ3v) is 5.25. The van der Waals surface area contributed by atoms with Crippen molar-refractivity contribution in [2.24, 2.45) is 0 Å². The number of aryl methyl sites for hydroxylation is 3. The molecule has 1 N–H and O–H groups in total. The summed E-state index contributed by atoms with van der Waals surface area (Å²) in [5.74, 6) is -1.69. The number of ether oxygens (including phenoxy) is 3. The Kier molecular flexibility index (Phi) is 10.9. The maximum Gasteiger partial charge on any atom is 0.338 e. The summed E-state index contributed by atoms with van der Waals surface area (Å²) in [6, 6.07) is 15.7. The molecule has 0 amide bonds. The van der Waals surface area contributed by atoms with Crippen LogP contribution in [0.4, 0.5) is 0 Å². The second-order valence-corrected chi connectivity index (χ2v) is 7.81. The smallest absolute Gasteiger partial charge is 0.338 e. The van der Waals surface area contributed by atoms with Crippen molar-refractivity contribution in [1.29, 1.82) is 0 Å². The molecule has 0 spiro atoms. The molecule has 174 valence electrons. The Labute approximate surface area is 190 Å². The molecule has 0 unspecified atom stereocenters. The molecular formula is C26H34O6. The van der Waals surface area contributed by atoms with E-state index in [4.69, 9.17) is 14.2 Å². The van der Waals surface area contributed by atoms with Gasteiger partial charge < -0.3 is 19.3 Å². The maximum absolute atomic E-state index is 12.5. The molecule has 0 aromatic heterocycles. The van der Waals surface area contributed by atoms with Gasteiger partial charge >= 0.3 is 11.9 Å². The van der Waals surface area contributed by atoms with Crippen molar-refractivity contribution < 1.29 is 28.9 Å². The highest BCUT2D eigenvalue weighted by Crippen LogP contribution is 2.14. The van der Waals surface area contributed by atoms with Crippen LogP contribution in [0.3, 0.4) is 0 Å². The Hall–Kier alpha value is -2.70. The summed E-state index contributed by atoms with van der Waals surface area (Å²) in [5.41, 5.74) is 4.67.